The lowest BCUT2D eigenvalue weighted by atomic mass is 10.0. The van der Waals surface area contributed by atoms with Gasteiger partial charge in [0, 0.05) is 16.1 Å². The van der Waals surface area contributed by atoms with Crippen LogP contribution in [0.1, 0.15) is 18.9 Å². The Morgan fingerprint density at radius 3 is 2.53 bits per heavy atom. The first-order chi connectivity index (χ1) is 9.31. The highest BCUT2D eigenvalue weighted by molar-refractivity contribution is 9.09. The largest absolute Gasteiger partial charge is 0.496 e. The lowest BCUT2D eigenvalue weighted by molar-refractivity contribution is 0.322. The van der Waals surface area contributed by atoms with Gasteiger partial charge in [-0.15, -0.1) is 0 Å². The molecule has 0 bridgehead atoms. The van der Waals surface area contributed by atoms with Crippen LogP contribution in [0.3, 0.4) is 0 Å². The summed E-state index contributed by atoms with van der Waals surface area (Å²) in [6.07, 6.45) is 1.94. The van der Waals surface area contributed by atoms with Crippen molar-refractivity contribution in [1.82, 2.24) is 0 Å². The Bertz CT molecular complexity index is 552. The third-order valence-corrected chi connectivity index (χ3v) is 3.72. The molecular weight excluding hydrogens is 304 g/mol. The average Bonchev–Trinajstić information content (AvgIpc) is 2.46. The molecule has 0 fully saturated rings. The summed E-state index contributed by atoms with van der Waals surface area (Å²) in [5.74, 6) is 1.92. The van der Waals surface area contributed by atoms with Gasteiger partial charge in [0.15, 0.2) is 0 Å². The van der Waals surface area contributed by atoms with E-state index in [0.29, 0.717) is 0 Å². The highest BCUT2D eigenvalue weighted by Crippen LogP contribution is 2.36. The maximum atomic E-state index is 5.92. The van der Waals surface area contributed by atoms with Gasteiger partial charge in [0.05, 0.1) is 13.7 Å². The van der Waals surface area contributed by atoms with Crippen LogP contribution in [0.15, 0.2) is 30.3 Å². The van der Waals surface area contributed by atoms with Gasteiger partial charge in [0.1, 0.15) is 11.5 Å². The first-order valence-electron chi connectivity index (χ1n) is 6.59. The molecule has 0 aliphatic carbocycles. The van der Waals surface area contributed by atoms with E-state index in [1.165, 1.54) is 5.56 Å². The molecule has 2 nitrogen and oxygen atoms in total. The monoisotopic (exact) mass is 322 g/mol. The Labute approximate surface area is 122 Å². The molecule has 0 aliphatic heterocycles. The SMILES string of the molecule is CCc1cc(OCCCBr)c2ccccc2c1OC. The standard InChI is InChI=1S/C16H19BrO2/c1-3-12-11-15(19-10-6-9-17)13-7-4-5-8-14(13)16(12)18-2/h4-5,7-8,11H,3,6,9-10H2,1-2H3. The van der Waals surface area contributed by atoms with Gasteiger partial charge in [-0.3, -0.25) is 0 Å². The first-order valence-corrected chi connectivity index (χ1v) is 7.71. The molecule has 19 heavy (non-hydrogen) atoms. The minimum atomic E-state index is 0.727. The van der Waals surface area contributed by atoms with Gasteiger partial charge < -0.3 is 9.47 Å². The third-order valence-electron chi connectivity index (χ3n) is 3.15. The fourth-order valence-corrected chi connectivity index (χ4v) is 2.46. The van der Waals surface area contributed by atoms with Gasteiger partial charge >= 0.3 is 0 Å². The van der Waals surface area contributed by atoms with E-state index in [9.17, 15) is 0 Å². The number of benzene rings is 2. The normalized spacial score (nSPS) is 10.7. The van der Waals surface area contributed by atoms with Crippen LogP contribution in [0.25, 0.3) is 10.8 Å². The Morgan fingerprint density at radius 2 is 1.89 bits per heavy atom. The van der Waals surface area contributed by atoms with Crippen LogP contribution < -0.4 is 9.47 Å². The summed E-state index contributed by atoms with van der Waals surface area (Å²) in [6.45, 7) is 2.86. The molecule has 102 valence electrons. The van der Waals surface area contributed by atoms with E-state index in [2.05, 4.69) is 41.1 Å². The summed E-state index contributed by atoms with van der Waals surface area (Å²) in [6, 6.07) is 10.3. The molecule has 2 rings (SSSR count). The van der Waals surface area contributed by atoms with Crippen molar-refractivity contribution in [2.75, 3.05) is 19.0 Å². The molecule has 0 spiro atoms. The molecule has 2 aromatic carbocycles. The zero-order chi connectivity index (χ0) is 13.7. The van der Waals surface area contributed by atoms with E-state index >= 15 is 0 Å². The number of rotatable bonds is 6. The van der Waals surface area contributed by atoms with Crippen molar-refractivity contribution < 1.29 is 9.47 Å². The summed E-state index contributed by atoms with van der Waals surface area (Å²) < 4.78 is 11.5. The molecule has 0 unspecified atom stereocenters. The van der Waals surface area contributed by atoms with Gasteiger partial charge in [-0.25, -0.2) is 0 Å². The number of hydrogen-bond acceptors (Lipinski definition) is 2. The van der Waals surface area contributed by atoms with Crippen LogP contribution >= 0.6 is 15.9 Å². The fraction of sp³-hybridized carbons (Fsp3) is 0.375. The third kappa shape index (κ3) is 3.03. The van der Waals surface area contributed by atoms with Crippen LogP contribution in [0.4, 0.5) is 0 Å². The van der Waals surface area contributed by atoms with E-state index < -0.39 is 0 Å². The maximum absolute atomic E-state index is 5.92. The summed E-state index contributed by atoms with van der Waals surface area (Å²) >= 11 is 3.42. The first kappa shape index (κ1) is 14.2. The molecule has 0 heterocycles. The van der Waals surface area contributed by atoms with Crippen molar-refractivity contribution in [1.29, 1.82) is 0 Å². The Hall–Kier alpha value is -1.22. The van der Waals surface area contributed by atoms with E-state index in [1.807, 2.05) is 12.1 Å². The zero-order valence-corrected chi connectivity index (χ0v) is 13.0. The Kier molecular flexibility index (Phi) is 5.08. The molecule has 0 atom stereocenters. The highest BCUT2D eigenvalue weighted by Gasteiger charge is 2.12. The number of aryl methyl sites for hydroxylation is 1. The molecule has 0 radical (unpaired) electrons. The van der Waals surface area contributed by atoms with E-state index in [1.54, 1.807) is 7.11 Å². The van der Waals surface area contributed by atoms with Crippen LogP contribution in [-0.4, -0.2) is 19.0 Å². The molecule has 0 saturated heterocycles. The molecule has 2 aromatic rings. The second-order valence-corrected chi connectivity index (χ2v) is 5.15. The molecule has 3 heteroatoms. The van der Waals surface area contributed by atoms with E-state index in [4.69, 9.17) is 9.47 Å². The van der Waals surface area contributed by atoms with Gasteiger partial charge in [-0.05, 0) is 24.5 Å². The molecule has 0 amide bonds. The van der Waals surface area contributed by atoms with Gasteiger partial charge in [0.25, 0.3) is 0 Å². The lowest BCUT2D eigenvalue weighted by Crippen LogP contribution is -2.00. The summed E-state index contributed by atoms with van der Waals surface area (Å²) in [5.41, 5.74) is 1.19. The Morgan fingerprint density at radius 1 is 1.16 bits per heavy atom. The van der Waals surface area contributed by atoms with Gasteiger partial charge in [-0.2, -0.15) is 0 Å². The van der Waals surface area contributed by atoms with Crippen LogP contribution in [0.2, 0.25) is 0 Å². The van der Waals surface area contributed by atoms with Crippen molar-refractivity contribution in [3.8, 4) is 11.5 Å². The van der Waals surface area contributed by atoms with Crippen molar-refractivity contribution in [3.63, 3.8) is 0 Å². The molecule has 0 aromatic heterocycles. The van der Waals surface area contributed by atoms with Gasteiger partial charge in [-0.1, -0.05) is 47.1 Å². The van der Waals surface area contributed by atoms with E-state index in [-0.39, 0.29) is 0 Å². The summed E-state index contributed by atoms with van der Waals surface area (Å²) in [7, 11) is 1.73. The minimum absolute atomic E-state index is 0.727. The second-order valence-electron chi connectivity index (χ2n) is 4.36. The number of hydrogen-bond donors (Lipinski definition) is 0. The van der Waals surface area contributed by atoms with Crippen molar-refractivity contribution in [2.45, 2.75) is 19.8 Å². The number of fused-ring (bicyclic) bond motifs is 1. The predicted molar refractivity (Wildman–Crippen MR) is 83.8 cm³/mol. The minimum Gasteiger partial charge on any atom is -0.496 e. The van der Waals surface area contributed by atoms with Gasteiger partial charge in [0.2, 0.25) is 0 Å². The summed E-state index contributed by atoms with van der Waals surface area (Å²) in [5, 5.41) is 3.20. The number of ether oxygens (including phenoxy) is 2. The number of halogens is 1. The fourth-order valence-electron chi connectivity index (χ4n) is 2.23. The number of methoxy groups -OCH3 is 1. The Balaban J connectivity index is 2.50. The number of alkyl halides is 1. The van der Waals surface area contributed by atoms with Crippen LogP contribution in [0, 0.1) is 0 Å². The maximum Gasteiger partial charge on any atom is 0.130 e. The van der Waals surface area contributed by atoms with Crippen molar-refractivity contribution >= 4 is 26.7 Å². The van der Waals surface area contributed by atoms with E-state index in [0.717, 1.165) is 47.1 Å². The zero-order valence-electron chi connectivity index (χ0n) is 11.4. The van der Waals surface area contributed by atoms with Crippen molar-refractivity contribution in [2.24, 2.45) is 0 Å². The topological polar surface area (TPSA) is 18.5 Å². The predicted octanol–water partition coefficient (Wildman–Crippen LogP) is 4.57. The van der Waals surface area contributed by atoms with Crippen LogP contribution in [0.5, 0.6) is 11.5 Å². The van der Waals surface area contributed by atoms with Crippen LogP contribution in [-0.2, 0) is 6.42 Å². The lowest BCUT2D eigenvalue weighted by Gasteiger charge is -2.15. The highest BCUT2D eigenvalue weighted by atomic mass is 79.9. The smallest absolute Gasteiger partial charge is 0.130 e. The molecule has 0 aliphatic rings. The molecule has 0 N–H and O–H groups in total. The molecular formula is C16H19BrO2. The second kappa shape index (κ2) is 6.80. The van der Waals surface area contributed by atoms with Crippen molar-refractivity contribution in [3.05, 3.63) is 35.9 Å². The average molecular weight is 323 g/mol. The quantitative estimate of drug-likeness (QED) is 0.572. The molecule has 0 saturated carbocycles. The summed E-state index contributed by atoms with van der Waals surface area (Å²) in [4.78, 5) is 0.